The van der Waals surface area contributed by atoms with Gasteiger partial charge in [-0.3, -0.25) is 0 Å². The molecule has 0 saturated heterocycles. The van der Waals surface area contributed by atoms with Crippen molar-refractivity contribution in [3.63, 3.8) is 0 Å². The number of anilines is 2. The highest BCUT2D eigenvalue weighted by Gasteiger charge is 2.18. The first-order valence-electron chi connectivity index (χ1n) is 8.48. The lowest BCUT2D eigenvalue weighted by Gasteiger charge is -2.18. The van der Waals surface area contributed by atoms with Gasteiger partial charge in [0.05, 0.1) is 25.3 Å². The first-order valence-corrected chi connectivity index (χ1v) is 8.48. The summed E-state index contributed by atoms with van der Waals surface area (Å²) in [5.41, 5.74) is 3.24. The van der Waals surface area contributed by atoms with Crippen molar-refractivity contribution in [2.45, 2.75) is 19.4 Å². The van der Waals surface area contributed by atoms with Gasteiger partial charge in [-0.1, -0.05) is 19.1 Å². The molecule has 1 heterocycles. The molecule has 0 saturated carbocycles. The molecule has 0 aliphatic heterocycles. The van der Waals surface area contributed by atoms with Crippen LogP contribution in [0.3, 0.4) is 0 Å². The molecule has 0 aliphatic carbocycles. The number of ether oxygens (including phenoxy) is 3. The summed E-state index contributed by atoms with van der Waals surface area (Å²) in [5.74, 6) is 2.05. The summed E-state index contributed by atoms with van der Waals surface area (Å²) < 4.78 is 16.3. The fourth-order valence-electron chi connectivity index (χ4n) is 2.82. The Kier molecular flexibility index (Phi) is 5.53. The SMILES string of the molecule is CCC(OC)c1nc2ccccc2nc1Nc1cc(OC)cc(OC)c1. The highest BCUT2D eigenvalue weighted by molar-refractivity contribution is 5.77. The molecule has 3 rings (SSSR count). The third-order valence-electron chi connectivity index (χ3n) is 4.17. The monoisotopic (exact) mass is 353 g/mol. The molecule has 0 fully saturated rings. The van der Waals surface area contributed by atoms with Crippen LogP contribution < -0.4 is 14.8 Å². The van der Waals surface area contributed by atoms with Gasteiger partial charge < -0.3 is 19.5 Å². The van der Waals surface area contributed by atoms with E-state index in [9.17, 15) is 0 Å². The molecule has 1 unspecified atom stereocenters. The molecule has 3 aromatic rings. The van der Waals surface area contributed by atoms with Crippen molar-refractivity contribution in [1.29, 1.82) is 0 Å². The van der Waals surface area contributed by atoms with Gasteiger partial charge in [0, 0.05) is 31.0 Å². The normalized spacial score (nSPS) is 12.0. The quantitative estimate of drug-likeness (QED) is 0.675. The number of fused-ring (bicyclic) bond motifs is 1. The van der Waals surface area contributed by atoms with E-state index in [2.05, 4.69) is 12.2 Å². The fraction of sp³-hybridized carbons (Fsp3) is 0.300. The number of nitrogens with zero attached hydrogens (tertiary/aromatic N) is 2. The minimum Gasteiger partial charge on any atom is -0.497 e. The fourth-order valence-corrected chi connectivity index (χ4v) is 2.82. The first-order chi connectivity index (χ1) is 12.7. The average Bonchev–Trinajstić information content (AvgIpc) is 2.68. The Morgan fingerprint density at radius 1 is 0.923 bits per heavy atom. The van der Waals surface area contributed by atoms with E-state index in [0.717, 1.165) is 28.8 Å². The zero-order valence-corrected chi connectivity index (χ0v) is 15.4. The molecular weight excluding hydrogens is 330 g/mol. The van der Waals surface area contributed by atoms with E-state index < -0.39 is 0 Å². The summed E-state index contributed by atoms with van der Waals surface area (Å²) in [7, 11) is 4.93. The highest BCUT2D eigenvalue weighted by Crippen LogP contribution is 2.32. The molecule has 1 atom stereocenters. The molecule has 0 amide bonds. The van der Waals surface area contributed by atoms with Crippen molar-refractivity contribution in [1.82, 2.24) is 9.97 Å². The maximum atomic E-state index is 5.61. The number of nitrogens with one attached hydrogen (secondary N) is 1. The molecule has 6 nitrogen and oxygen atoms in total. The van der Waals surface area contributed by atoms with Crippen LogP contribution in [0, 0.1) is 0 Å². The largest absolute Gasteiger partial charge is 0.497 e. The lowest BCUT2D eigenvalue weighted by molar-refractivity contribution is 0.0971. The van der Waals surface area contributed by atoms with Crippen molar-refractivity contribution in [3.05, 3.63) is 48.2 Å². The van der Waals surface area contributed by atoms with Crippen LogP contribution in [0.2, 0.25) is 0 Å². The maximum absolute atomic E-state index is 5.61. The number of hydrogen-bond acceptors (Lipinski definition) is 6. The summed E-state index contributed by atoms with van der Waals surface area (Å²) in [6.07, 6.45) is 0.640. The standard InChI is InChI=1S/C20H23N3O3/c1-5-18(26-4)19-20(23-17-9-7-6-8-16(17)22-19)21-13-10-14(24-2)12-15(11-13)25-3/h6-12,18H,5H2,1-4H3,(H,21,23). The third kappa shape index (κ3) is 3.70. The Balaban J connectivity index is 2.09. The van der Waals surface area contributed by atoms with E-state index >= 15 is 0 Å². The van der Waals surface area contributed by atoms with Crippen LogP contribution in [0.15, 0.2) is 42.5 Å². The average molecular weight is 353 g/mol. The number of methoxy groups -OCH3 is 3. The van der Waals surface area contributed by atoms with Gasteiger partial charge in [0.2, 0.25) is 0 Å². The summed E-state index contributed by atoms with van der Waals surface area (Å²) in [5, 5.41) is 3.35. The van der Waals surface area contributed by atoms with E-state index in [0.29, 0.717) is 17.3 Å². The van der Waals surface area contributed by atoms with Gasteiger partial charge in [-0.15, -0.1) is 0 Å². The number of para-hydroxylation sites is 2. The van der Waals surface area contributed by atoms with Gasteiger partial charge in [-0.2, -0.15) is 0 Å². The van der Waals surface area contributed by atoms with Gasteiger partial charge >= 0.3 is 0 Å². The zero-order valence-electron chi connectivity index (χ0n) is 15.4. The molecule has 1 aromatic heterocycles. The smallest absolute Gasteiger partial charge is 0.155 e. The van der Waals surface area contributed by atoms with Crippen LogP contribution in [0.25, 0.3) is 11.0 Å². The molecule has 0 spiro atoms. The third-order valence-corrected chi connectivity index (χ3v) is 4.17. The minimum atomic E-state index is -0.151. The summed E-state index contributed by atoms with van der Waals surface area (Å²) >= 11 is 0. The number of hydrogen-bond donors (Lipinski definition) is 1. The van der Waals surface area contributed by atoms with Gasteiger partial charge in [0.25, 0.3) is 0 Å². The summed E-state index contributed by atoms with van der Waals surface area (Å²) in [6, 6.07) is 13.4. The maximum Gasteiger partial charge on any atom is 0.155 e. The summed E-state index contributed by atoms with van der Waals surface area (Å²) in [4.78, 5) is 9.55. The predicted molar refractivity (Wildman–Crippen MR) is 102 cm³/mol. The Morgan fingerprint density at radius 3 is 2.08 bits per heavy atom. The molecule has 136 valence electrons. The number of rotatable bonds is 7. The molecule has 1 N–H and O–H groups in total. The van der Waals surface area contributed by atoms with E-state index in [-0.39, 0.29) is 6.10 Å². The molecule has 0 radical (unpaired) electrons. The van der Waals surface area contributed by atoms with Crippen LogP contribution in [0.1, 0.15) is 25.1 Å². The first kappa shape index (κ1) is 17.9. The highest BCUT2D eigenvalue weighted by atomic mass is 16.5. The van der Waals surface area contributed by atoms with Crippen molar-refractivity contribution >= 4 is 22.5 Å². The summed E-state index contributed by atoms with van der Waals surface area (Å²) in [6.45, 7) is 2.06. The zero-order chi connectivity index (χ0) is 18.5. The Hall–Kier alpha value is -2.86. The molecule has 6 heteroatoms. The molecule has 26 heavy (non-hydrogen) atoms. The van der Waals surface area contributed by atoms with Gasteiger partial charge in [0.15, 0.2) is 5.82 Å². The van der Waals surface area contributed by atoms with Crippen LogP contribution in [0.5, 0.6) is 11.5 Å². The van der Waals surface area contributed by atoms with Crippen molar-refractivity contribution < 1.29 is 14.2 Å². The number of aromatic nitrogens is 2. The Labute approximate surface area is 153 Å². The van der Waals surface area contributed by atoms with Crippen LogP contribution in [-0.4, -0.2) is 31.3 Å². The van der Waals surface area contributed by atoms with E-state index in [1.807, 2.05) is 42.5 Å². The van der Waals surface area contributed by atoms with Crippen molar-refractivity contribution in [2.75, 3.05) is 26.6 Å². The van der Waals surface area contributed by atoms with E-state index in [1.54, 1.807) is 21.3 Å². The molecule has 0 bridgehead atoms. The lowest BCUT2D eigenvalue weighted by atomic mass is 10.1. The Bertz CT molecular complexity index is 872. The lowest BCUT2D eigenvalue weighted by Crippen LogP contribution is -2.09. The van der Waals surface area contributed by atoms with Crippen molar-refractivity contribution in [3.8, 4) is 11.5 Å². The van der Waals surface area contributed by atoms with Crippen LogP contribution in [-0.2, 0) is 4.74 Å². The van der Waals surface area contributed by atoms with Crippen LogP contribution in [0.4, 0.5) is 11.5 Å². The van der Waals surface area contributed by atoms with Crippen molar-refractivity contribution in [2.24, 2.45) is 0 Å². The molecule has 2 aromatic carbocycles. The second-order valence-corrected chi connectivity index (χ2v) is 5.81. The molecular formula is C20H23N3O3. The second-order valence-electron chi connectivity index (χ2n) is 5.81. The second kappa shape index (κ2) is 8.01. The number of benzene rings is 2. The minimum absolute atomic E-state index is 0.151. The van der Waals surface area contributed by atoms with E-state index in [1.165, 1.54) is 0 Å². The van der Waals surface area contributed by atoms with E-state index in [4.69, 9.17) is 24.2 Å². The predicted octanol–water partition coefficient (Wildman–Crippen LogP) is 4.49. The Morgan fingerprint density at radius 2 is 1.54 bits per heavy atom. The van der Waals surface area contributed by atoms with Crippen LogP contribution >= 0.6 is 0 Å². The van der Waals surface area contributed by atoms with Gasteiger partial charge in [-0.25, -0.2) is 9.97 Å². The van der Waals surface area contributed by atoms with Gasteiger partial charge in [-0.05, 0) is 18.6 Å². The van der Waals surface area contributed by atoms with Gasteiger partial charge in [0.1, 0.15) is 23.3 Å². The molecule has 0 aliphatic rings. The topological polar surface area (TPSA) is 65.5 Å².